The molecule has 4 aliphatic carbocycles. The van der Waals surface area contributed by atoms with Crippen LogP contribution < -0.4 is 0 Å². The number of allylic oxidation sites excluding steroid dienone is 2. The van der Waals surface area contributed by atoms with E-state index < -0.39 is 0 Å². The maximum atomic E-state index is 12.4. The van der Waals surface area contributed by atoms with Crippen LogP contribution in [0.25, 0.3) is 0 Å². The molecule has 0 spiro atoms. The summed E-state index contributed by atoms with van der Waals surface area (Å²) in [6.07, 6.45) is 8.98. The molecule has 5 atom stereocenters. The number of fused-ring (bicyclic) bond motifs is 5. The Hall–Kier alpha value is -1.18. The highest BCUT2D eigenvalue weighted by atomic mass is 16.1. The zero-order chi connectivity index (χ0) is 15.7. The summed E-state index contributed by atoms with van der Waals surface area (Å²) in [5.41, 5.74) is 2.20. The molecule has 0 aromatic carbocycles. The van der Waals surface area contributed by atoms with Gasteiger partial charge in [-0.05, 0) is 73.3 Å². The largest absolute Gasteiger partial charge is 0.299 e. The minimum Gasteiger partial charge on any atom is -0.299 e. The Morgan fingerprint density at radius 2 is 1.77 bits per heavy atom. The molecule has 2 nitrogen and oxygen atoms in total. The number of Topliss-reactive ketones (excluding diaryl/α,β-unsaturated/α-hetero) is 1. The predicted molar refractivity (Wildman–Crippen MR) is 86.2 cm³/mol. The monoisotopic (exact) mass is 298 g/mol. The van der Waals surface area contributed by atoms with E-state index in [0.29, 0.717) is 23.5 Å². The van der Waals surface area contributed by atoms with Crippen LogP contribution in [-0.2, 0) is 9.59 Å². The Morgan fingerprint density at radius 1 is 1.05 bits per heavy atom. The van der Waals surface area contributed by atoms with Gasteiger partial charge in [-0.2, -0.15) is 0 Å². The van der Waals surface area contributed by atoms with Crippen molar-refractivity contribution in [1.82, 2.24) is 0 Å². The fourth-order valence-electron chi connectivity index (χ4n) is 6.37. The third-order valence-electron chi connectivity index (χ3n) is 7.68. The van der Waals surface area contributed by atoms with Crippen LogP contribution in [0.1, 0.15) is 58.8 Å². The maximum absolute atomic E-state index is 12.4. The molecule has 0 radical (unpaired) electrons. The number of hydrogen-bond acceptors (Lipinski definition) is 2. The molecular weight excluding hydrogens is 272 g/mol. The molecule has 3 saturated carbocycles. The Labute approximate surface area is 133 Å². The molecule has 4 rings (SSSR count). The van der Waals surface area contributed by atoms with Crippen LogP contribution in [-0.4, -0.2) is 11.6 Å². The molecule has 22 heavy (non-hydrogen) atoms. The van der Waals surface area contributed by atoms with E-state index >= 15 is 0 Å². The Kier molecular flexibility index (Phi) is 2.90. The predicted octanol–water partition coefficient (Wildman–Crippen LogP) is 4.25. The highest BCUT2D eigenvalue weighted by Gasteiger charge is 2.59. The van der Waals surface area contributed by atoms with Crippen LogP contribution in [0.2, 0.25) is 0 Å². The van der Waals surface area contributed by atoms with Gasteiger partial charge < -0.3 is 0 Å². The number of ketones is 2. The van der Waals surface area contributed by atoms with Gasteiger partial charge in [0.2, 0.25) is 0 Å². The van der Waals surface area contributed by atoms with E-state index in [1.807, 2.05) is 6.08 Å². The van der Waals surface area contributed by atoms with Gasteiger partial charge in [0.25, 0.3) is 0 Å². The lowest BCUT2D eigenvalue weighted by Crippen LogP contribution is -2.50. The van der Waals surface area contributed by atoms with E-state index in [9.17, 15) is 9.59 Å². The molecule has 0 aromatic rings. The summed E-state index contributed by atoms with van der Waals surface area (Å²) in [5, 5.41) is 0. The second kappa shape index (κ2) is 4.43. The SMILES string of the molecule is C=C1C[C@@]2(C)C(=CC1=O)CCC1C2CC[C@]2(C)C(=O)CCC12. The van der Waals surface area contributed by atoms with Crippen molar-refractivity contribution >= 4 is 11.6 Å². The van der Waals surface area contributed by atoms with Gasteiger partial charge in [0.1, 0.15) is 5.78 Å². The summed E-state index contributed by atoms with van der Waals surface area (Å²) in [6.45, 7) is 8.59. The van der Waals surface area contributed by atoms with Crippen molar-refractivity contribution in [1.29, 1.82) is 0 Å². The maximum Gasteiger partial charge on any atom is 0.181 e. The molecule has 4 aliphatic rings. The smallest absolute Gasteiger partial charge is 0.181 e. The molecule has 2 heteroatoms. The first-order chi connectivity index (χ1) is 10.4. The minimum atomic E-state index is -0.0553. The second-order valence-corrected chi connectivity index (χ2v) is 8.57. The molecular formula is C20H26O2. The highest BCUT2D eigenvalue weighted by molar-refractivity contribution is 6.05. The third kappa shape index (κ3) is 1.67. The quantitative estimate of drug-likeness (QED) is 0.626. The fraction of sp³-hybridized carbons (Fsp3) is 0.700. The van der Waals surface area contributed by atoms with Crippen molar-refractivity contribution < 1.29 is 9.59 Å². The second-order valence-electron chi connectivity index (χ2n) is 8.57. The summed E-state index contributed by atoms with van der Waals surface area (Å²) < 4.78 is 0. The average molecular weight is 298 g/mol. The van der Waals surface area contributed by atoms with E-state index in [-0.39, 0.29) is 16.6 Å². The van der Waals surface area contributed by atoms with Gasteiger partial charge in [-0.3, -0.25) is 9.59 Å². The molecule has 0 heterocycles. The van der Waals surface area contributed by atoms with Crippen LogP contribution in [0.15, 0.2) is 23.8 Å². The lowest BCUT2D eigenvalue weighted by atomic mass is 9.47. The zero-order valence-corrected chi connectivity index (χ0v) is 13.8. The summed E-state index contributed by atoms with van der Waals surface area (Å²) in [7, 11) is 0. The fourth-order valence-corrected chi connectivity index (χ4v) is 6.37. The van der Waals surface area contributed by atoms with E-state index in [1.54, 1.807) is 0 Å². The Balaban J connectivity index is 1.73. The number of carbonyl (C=O) groups is 2. The molecule has 3 fully saturated rings. The first kappa shape index (κ1) is 14.4. The number of rotatable bonds is 0. The van der Waals surface area contributed by atoms with Gasteiger partial charge in [0, 0.05) is 11.8 Å². The van der Waals surface area contributed by atoms with Gasteiger partial charge in [0.05, 0.1) is 0 Å². The van der Waals surface area contributed by atoms with Crippen molar-refractivity contribution in [3.05, 3.63) is 23.8 Å². The summed E-state index contributed by atoms with van der Waals surface area (Å²) in [6, 6.07) is 0. The highest BCUT2D eigenvalue weighted by Crippen LogP contribution is 2.64. The van der Waals surface area contributed by atoms with Crippen molar-refractivity contribution in [3.63, 3.8) is 0 Å². The summed E-state index contributed by atoms with van der Waals surface area (Å²) >= 11 is 0. The van der Waals surface area contributed by atoms with Crippen molar-refractivity contribution in [2.75, 3.05) is 0 Å². The van der Waals surface area contributed by atoms with Gasteiger partial charge in [-0.25, -0.2) is 0 Å². The first-order valence-electron chi connectivity index (χ1n) is 8.83. The molecule has 118 valence electrons. The standard InChI is InChI=1S/C20H26O2/c1-12-11-20(3)13(10-17(12)21)4-5-14-15-6-7-18(22)19(15,2)9-8-16(14)20/h10,14-16H,1,4-9,11H2,2-3H3/t14?,15?,16?,19-,20-/m0/s1. The van der Waals surface area contributed by atoms with Gasteiger partial charge in [-0.15, -0.1) is 0 Å². The molecule has 0 bridgehead atoms. The van der Waals surface area contributed by atoms with Gasteiger partial charge in [0.15, 0.2) is 5.78 Å². The van der Waals surface area contributed by atoms with Crippen molar-refractivity contribution in [3.8, 4) is 0 Å². The van der Waals surface area contributed by atoms with Crippen LogP contribution >= 0.6 is 0 Å². The number of carbonyl (C=O) groups excluding carboxylic acids is 2. The minimum absolute atomic E-state index is 0.0553. The van der Waals surface area contributed by atoms with Crippen molar-refractivity contribution in [2.45, 2.75) is 58.8 Å². The van der Waals surface area contributed by atoms with Crippen LogP contribution in [0.5, 0.6) is 0 Å². The zero-order valence-electron chi connectivity index (χ0n) is 13.8. The molecule has 0 saturated heterocycles. The van der Waals surface area contributed by atoms with Gasteiger partial charge >= 0.3 is 0 Å². The normalized spacial score (nSPS) is 47.6. The summed E-state index contributed by atoms with van der Waals surface area (Å²) in [5.74, 6) is 2.51. The Bertz CT molecular complexity index is 613. The molecule has 0 aromatic heterocycles. The number of hydrogen-bond donors (Lipinski definition) is 0. The van der Waals surface area contributed by atoms with Crippen molar-refractivity contribution in [2.24, 2.45) is 28.6 Å². The van der Waals surface area contributed by atoms with E-state index in [0.717, 1.165) is 44.1 Å². The molecule has 3 unspecified atom stereocenters. The molecule has 0 aliphatic heterocycles. The van der Waals surface area contributed by atoms with E-state index in [1.165, 1.54) is 12.0 Å². The molecule has 0 N–H and O–H groups in total. The average Bonchev–Trinajstić information content (AvgIpc) is 2.77. The van der Waals surface area contributed by atoms with Crippen LogP contribution in [0, 0.1) is 28.6 Å². The lowest BCUT2D eigenvalue weighted by Gasteiger charge is -2.57. The lowest BCUT2D eigenvalue weighted by molar-refractivity contribution is -0.132. The summed E-state index contributed by atoms with van der Waals surface area (Å²) in [4.78, 5) is 24.4. The molecule has 0 amide bonds. The van der Waals surface area contributed by atoms with E-state index in [2.05, 4.69) is 20.4 Å². The topological polar surface area (TPSA) is 34.1 Å². The first-order valence-corrected chi connectivity index (χ1v) is 8.83. The van der Waals surface area contributed by atoms with Gasteiger partial charge in [-0.1, -0.05) is 26.0 Å². The Morgan fingerprint density at radius 3 is 2.55 bits per heavy atom. The third-order valence-corrected chi connectivity index (χ3v) is 7.68. The van der Waals surface area contributed by atoms with Crippen LogP contribution in [0.4, 0.5) is 0 Å². The van der Waals surface area contributed by atoms with Crippen LogP contribution in [0.3, 0.4) is 0 Å². The van der Waals surface area contributed by atoms with E-state index in [4.69, 9.17) is 0 Å².